The van der Waals surface area contributed by atoms with Crippen molar-refractivity contribution >= 4 is 5.78 Å². The molecule has 0 saturated heterocycles. The van der Waals surface area contributed by atoms with Crippen molar-refractivity contribution in [3.8, 4) is 5.75 Å². The summed E-state index contributed by atoms with van der Waals surface area (Å²) in [5.74, 6) is -0.0932. The van der Waals surface area contributed by atoms with Gasteiger partial charge in [0.2, 0.25) is 0 Å². The van der Waals surface area contributed by atoms with Gasteiger partial charge in [-0.25, -0.2) is 4.39 Å². The van der Waals surface area contributed by atoms with Crippen LogP contribution in [-0.2, 0) is 0 Å². The van der Waals surface area contributed by atoms with E-state index < -0.39 is 11.2 Å². The minimum atomic E-state index is -0.527. The molecule has 2 rings (SSSR count). The molecule has 0 spiro atoms. The van der Waals surface area contributed by atoms with Gasteiger partial charge in [0.15, 0.2) is 5.78 Å². The lowest BCUT2D eigenvalue weighted by atomic mass is 9.78. The van der Waals surface area contributed by atoms with E-state index in [1.807, 2.05) is 0 Å². The van der Waals surface area contributed by atoms with Gasteiger partial charge in [-0.05, 0) is 31.0 Å². The minimum absolute atomic E-state index is 0.0844. The SMILES string of the molecule is COc1ccc(F)cc1C(=O)C1(CN)CCCC1. The molecule has 18 heavy (non-hydrogen) atoms. The Morgan fingerprint density at radius 2 is 2.11 bits per heavy atom. The van der Waals surface area contributed by atoms with Gasteiger partial charge in [-0.1, -0.05) is 12.8 Å². The summed E-state index contributed by atoms with van der Waals surface area (Å²) in [6.07, 6.45) is 3.56. The third kappa shape index (κ3) is 2.12. The number of rotatable bonds is 4. The van der Waals surface area contributed by atoms with Crippen LogP contribution < -0.4 is 10.5 Å². The monoisotopic (exact) mass is 251 g/mol. The molecule has 1 aromatic carbocycles. The van der Waals surface area contributed by atoms with Crippen LogP contribution >= 0.6 is 0 Å². The van der Waals surface area contributed by atoms with E-state index in [1.54, 1.807) is 0 Å². The summed E-state index contributed by atoms with van der Waals surface area (Å²) in [6, 6.07) is 4.03. The number of halogens is 1. The average molecular weight is 251 g/mol. The molecule has 1 aliphatic rings. The van der Waals surface area contributed by atoms with Gasteiger partial charge in [0, 0.05) is 12.0 Å². The van der Waals surface area contributed by atoms with Crippen molar-refractivity contribution in [3.63, 3.8) is 0 Å². The van der Waals surface area contributed by atoms with Gasteiger partial charge in [-0.15, -0.1) is 0 Å². The van der Waals surface area contributed by atoms with E-state index in [0.29, 0.717) is 17.9 Å². The van der Waals surface area contributed by atoms with Crippen molar-refractivity contribution in [3.05, 3.63) is 29.6 Å². The highest BCUT2D eigenvalue weighted by Gasteiger charge is 2.41. The molecule has 1 aliphatic carbocycles. The Labute approximate surface area is 106 Å². The molecule has 0 atom stereocenters. The van der Waals surface area contributed by atoms with Crippen molar-refractivity contribution in [1.29, 1.82) is 0 Å². The summed E-state index contributed by atoms with van der Waals surface area (Å²) in [7, 11) is 1.48. The Morgan fingerprint density at radius 3 is 2.67 bits per heavy atom. The standard InChI is InChI=1S/C14H18FNO2/c1-18-12-5-4-10(15)8-11(12)13(17)14(9-16)6-2-3-7-14/h4-5,8H,2-3,6-7,9,16H2,1H3. The number of carbonyl (C=O) groups is 1. The van der Waals surface area contributed by atoms with Gasteiger partial charge in [-0.3, -0.25) is 4.79 Å². The fourth-order valence-electron chi connectivity index (χ4n) is 2.72. The minimum Gasteiger partial charge on any atom is -0.496 e. The zero-order chi connectivity index (χ0) is 13.2. The largest absolute Gasteiger partial charge is 0.496 e. The van der Waals surface area contributed by atoms with Crippen molar-refractivity contribution in [2.24, 2.45) is 11.1 Å². The van der Waals surface area contributed by atoms with Crippen molar-refractivity contribution in [2.75, 3.05) is 13.7 Å². The van der Waals surface area contributed by atoms with Gasteiger partial charge >= 0.3 is 0 Å². The van der Waals surface area contributed by atoms with E-state index in [0.717, 1.165) is 25.7 Å². The third-order valence-corrected chi connectivity index (χ3v) is 3.84. The van der Waals surface area contributed by atoms with Crippen LogP contribution in [0.1, 0.15) is 36.0 Å². The molecule has 0 aromatic heterocycles. The zero-order valence-electron chi connectivity index (χ0n) is 10.5. The van der Waals surface area contributed by atoms with Crippen LogP contribution in [-0.4, -0.2) is 19.4 Å². The van der Waals surface area contributed by atoms with Gasteiger partial charge in [0.25, 0.3) is 0 Å². The smallest absolute Gasteiger partial charge is 0.174 e. The van der Waals surface area contributed by atoms with Crippen molar-refractivity contribution in [1.82, 2.24) is 0 Å². The summed E-state index contributed by atoms with van der Waals surface area (Å²) in [4.78, 5) is 12.6. The molecular weight excluding hydrogens is 233 g/mol. The quantitative estimate of drug-likeness (QED) is 0.837. The van der Waals surface area contributed by atoms with Crippen LogP contribution in [0.15, 0.2) is 18.2 Å². The van der Waals surface area contributed by atoms with Gasteiger partial charge in [-0.2, -0.15) is 0 Å². The second-order valence-electron chi connectivity index (χ2n) is 4.87. The van der Waals surface area contributed by atoms with Crippen LogP contribution in [0, 0.1) is 11.2 Å². The summed E-state index contributed by atoms with van der Waals surface area (Å²) >= 11 is 0. The molecule has 0 bridgehead atoms. The first-order valence-electron chi connectivity index (χ1n) is 6.21. The Morgan fingerprint density at radius 1 is 1.44 bits per heavy atom. The number of nitrogens with two attached hydrogens (primary N) is 1. The lowest BCUT2D eigenvalue weighted by Crippen LogP contribution is -2.36. The Bertz CT molecular complexity index is 453. The van der Waals surface area contributed by atoms with E-state index >= 15 is 0 Å². The summed E-state index contributed by atoms with van der Waals surface area (Å²) in [5.41, 5.74) is 5.56. The highest BCUT2D eigenvalue weighted by Crippen LogP contribution is 2.41. The number of ketones is 1. The number of ether oxygens (including phenoxy) is 1. The van der Waals surface area contributed by atoms with Crippen molar-refractivity contribution in [2.45, 2.75) is 25.7 Å². The molecule has 3 nitrogen and oxygen atoms in total. The second-order valence-corrected chi connectivity index (χ2v) is 4.87. The fourth-order valence-corrected chi connectivity index (χ4v) is 2.72. The molecule has 0 heterocycles. The van der Waals surface area contributed by atoms with E-state index in [1.165, 1.54) is 25.3 Å². The maximum absolute atomic E-state index is 13.3. The highest BCUT2D eigenvalue weighted by molar-refractivity contribution is 6.03. The molecule has 4 heteroatoms. The van der Waals surface area contributed by atoms with Crippen LogP contribution in [0.3, 0.4) is 0 Å². The van der Waals surface area contributed by atoms with Gasteiger partial charge in [0.05, 0.1) is 12.7 Å². The zero-order valence-corrected chi connectivity index (χ0v) is 10.5. The lowest BCUT2D eigenvalue weighted by molar-refractivity contribution is 0.0806. The molecule has 1 saturated carbocycles. The number of methoxy groups -OCH3 is 1. The molecule has 0 unspecified atom stereocenters. The lowest BCUT2D eigenvalue weighted by Gasteiger charge is -2.26. The first kappa shape index (κ1) is 13.0. The summed E-state index contributed by atoms with van der Waals surface area (Å²) in [5, 5.41) is 0. The maximum Gasteiger partial charge on any atom is 0.174 e. The molecule has 2 N–H and O–H groups in total. The second kappa shape index (κ2) is 5.06. The number of hydrogen-bond donors (Lipinski definition) is 1. The molecule has 0 aliphatic heterocycles. The summed E-state index contributed by atoms with van der Waals surface area (Å²) < 4.78 is 18.5. The Hall–Kier alpha value is -1.42. The topological polar surface area (TPSA) is 52.3 Å². The Balaban J connectivity index is 2.41. The first-order valence-corrected chi connectivity index (χ1v) is 6.21. The molecule has 1 aromatic rings. The molecule has 0 amide bonds. The highest BCUT2D eigenvalue weighted by atomic mass is 19.1. The van der Waals surface area contributed by atoms with Crippen LogP contribution in [0.2, 0.25) is 0 Å². The fraction of sp³-hybridized carbons (Fsp3) is 0.500. The van der Waals surface area contributed by atoms with E-state index in [2.05, 4.69) is 0 Å². The van der Waals surface area contributed by atoms with E-state index in [4.69, 9.17) is 10.5 Å². The van der Waals surface area contributed by atoms with Crippen LogP contribution in [0.4, 0.5) is 4.39 Å². The molecule has 1 fully saturated rings. The van der Waals surface area contributed by atoms with Gasteiger partial charge < -0.3 is 10.5 Å². The van der Waals surface area contributed by atoms with Crippen LogP contribution in [0.25, 0.3) is 0 Å². The van der Waals surface area contributed by atoms with Crippen LogP contribution in [0.5, 0.6) is 5.75 Å². The van der Waals surface area contributed by atoms with E-state index in [-0.39, 0.29) is 5.78 Å². The number of Topliss-reactive ketones (excluding diaryl/α,β-unsaturated/α-hetero) is 1. The number of hydrogen-bond acceptors (Lipinski definition) is 3. The number of carbonyl (C=O) groups excluding carboxylic acids is 1. The first-order chi connectivity index (χ1) is 8.63. The third-order valence-electron chi connectivity index (χ3n) is 3.84. The average Bonchev–Trinajstić information content (AvgIpc) is 2.87. The maximum atomic E-state index is 13.3. The molecule has 0 radical (unpaired) electrons. The van der Waals surface area contributed by atoms with E-state index in [9.17, 15) is 9.18 Å². The molecule has 98 valence electrons. The van der Waals surface area contributed by atoms with Gasteiger partial charge in [0.1, 0.15) is 11.6 Å². The predicted molar refractivity (Wildman–Crippen MR) is 67.2 cm³/mol. The number of benzene rings is 1. The summed E-state index contributed by atoms with van der Waals surface area (Å²) in [6.45, 7) is 0.311. The molecular formula is C14H18FNO2. The van der Waals surface area contributed by atoms with Crippen molar-refractivity contribution < 1.29 is 13.9 Å². The predicted octanol–water partition coefficient (Wildman–Crippen LogP) is 2.54. The normalized spacial score (nSPS) is 17.7. The Kier molecular flexibility index (Phi) is 3.66.